The van der Waals surface area contributed by atoms with E-state index in [0.29, 0.717) is 23.7 Å². The van der Waals surface area contributed by atoms with Crippen molar-refractivity contribution in [1.82, 2.24) is 5.32 Å². The maximum absolute atomic E-state index is 12.0. The topological polar surface area (TPSA) is 84.2 Å². The van der Waals surface area contributed by atoms with Gasteiger partial charge in [-0.15, -0.1) is 12.4 Å². The first kappa shape index (κ1) is 18.5. The molecule has 0 saturated heterocycles. The first-order valence-electron chi connectivity index (χ1n) is 7.42. The van der Waals surface area contributed by atoms with Crippen molar-refractivity contribution in [3.8, 4) is 0 Å². The smallest absolute Gasteiger partial charge is 0.251 e. The zero-order valence-corrected chi connectivity index (χ0v) is 13.8. The van der Waals surface area contributed by atoms with Crippen LogP contribution in [0.25, 0.3) is 0 Å². The molecular formula is C16H24ClN3O2. The Hall–Kier alpha value is -1.59. The van der Waals surface area contributed by atoms with Gasteiger partial charge in [-0.2, -0.15) is 0 Å². The van der Waals surface area contributed by atoms with Crippen LogP contribution in [0.15, 0.2) is 24.3 Å². The fourth-order valence-corrected chi connectivity index (χ4v) is 2.18. The van der Waals surface area contributed by atoms with Crippen molar-refractivity contribution >= 4 is 29.9 Å². The normalized spacial score (nSPS) is 20.5. The lowest BCUT2D eigenvalue weighted by Crippen LogP contribution is -2.29. The van der Waals surface area contributed by atoms with E-state index in [2.05, 4.69) is 17.6 Å². The predicted molar refractivity (Wildman–Crippen MR) is 90.2 cm³/mol. The van der Waals surface area contributed by atoms with Crippen LogP contribution in [0.2, 0.25) is 0 Å². The minimum atomic E-state index is -0.147. The predicted octanol–water partition coefficient (Wildman–Crippen LogP) is 2.17. The summed E-state index contributed by atoms with van der Waals surface area (Å²) < 4.78 is 0. The molecule has 1 aromatic carbocycles. The number of nitrogens with one attached hydrogen (secondary N) is 2. The number of hydrogen-bond acceptors (Lipinski definition) is 3. The molecule has 3 atom stereocenters. The minimum absolute atomic E-state index is 0. The maximum Gasteiger partial charge on any atom is 0.251 e. The number of halogens is 1. The molecule has 0 bridgehead atoms. The summed E-state index contributed by atoms with van der Waals surface area (Å²) in [5, 5.41) is 5.69. The second-order valence-corrected chi connectivity index (χ2v) is 5.91. The molecule has 22 heavy (non-hydrogen) atoms. The number of carbonyl (C=O) groups is 2. The summed E-state index contributed by atoms with van der Waals surface area (Å²) in [5.41, 5.74) is 6.85. The Balaban J connectivity index is 0.00000242. The van der Waals surface area contributed by atoms with Crippen LogP contribution in [-0.2, 0) is 4.79 Å². The van der Waals surface area contributed by atoms with Crippen LogP contribution < -0.4 is 16.4 Å². The fraction of sp³-hybridized carbons (Fsp3) is 0.500. The Morgan fingerprint density at radius 2 is 2.09 bits per heavy atom. The average Bonchev–Trinajstić information content (AvgIpc) is 3.16. The third-order valence-corrected chi connectivity index (χ3v) is 3.72. The summed E-state index contributed by atoms with van der Waals surface area (Å²) in [6.07, 6.45) is 1.69. The molecule has 0 spiro atoms. The molecule has 5 nitrogen and oxygen atoms in total. The van der Waals surface area contributed by atoms with Gasteiger partial charge in [0.2, 0.25) is 5.91 Å². The number of hydrogen-bond donors (Lipinski definition) is 3. The van der Waals surface area contributed by atoms with Crippen LogP contribution in [0.3, 0.4) is 0 Å². The Morgan fingerprint density at radius 3 is 2.68 bits per heavy atom. The van der Waals surface area contributed by atoms with Crippen LogP contribution in [0.4, 0.5) is 5.69 Å². The minimum Gasteiger partial charge on any atom is -0.352 e. The number of rotatable bonds is 6. The highest BCUT2D eigenvalue weighted by Gasteiger charge is 2.39. The van der Waals surface area contributed by atoms with Crippen molar-refractivity contribution in [3.63, 3.8) is 0 Å². The monoisotopic (exact) mass is 325 g/mol. The number of amides is 2. The van der Waals surface area contributed by atoms with Crippen molar-refractivity contribution in [1.29, 1.82) is 0 Å². The second-order valence-electron chi connectivity index (χ2n) is 5.91. The largest absolute Gasteiger partial charge is 0.352 e. The molecule has 1 aliphatic carbocycles. The van der Waals surface area contributed by atoms with Gasteiger partial charge < -0.3 is 16.4 Å². The molecule has 0 aliphatic heterocycles. The third-order valence-electron chi connectivity index (χ3n) is 3.72. The summed E-state index contributed by atoms with van der Waals surface area (Å²) in [5.74, 6) is 0.479. The van der Waals surface area contributed by atoms with Crippen molar-refractivity contribution in [2.24, 2.45) is 17.6 Å². The van der Waals surface area contributed by atoms with Gasteiger partial charge in [-0.05, 0) is 43.9 Å². The maximum atomic E-state index is 12.0. The van der Waals surface area contributed by atoms with E-state index in [1.54, 1.807) is 24.3 Å². The van der Waals surface area contributed by atoms with E-state index < -0.39 is 0 Å². The molecule has 0 aromatic heterocycles. The Bertz CT molecular complexity index is 534. The standard InChI is InChI=1S/C16H23N3O2.ClH/c1-10-8-14(10)16(21)19-13-5-3-4-12(9-13)15(20)18-7-6-11(2)17;/h3-5,9-11,14H,6-8,17H2,1-2H3,(H,18,20)(H,19,21);1H. The van der Waals surface area contributed by atoms with Crippen LogP contribution in [0, 0.1) is 11.8 Å². The van der Waals surface area contributed by atoms with Gasteiger partial charge in [-0.25, -0.2) is 0 Å². The summed E-state index contributed by atoms with van der Waals surface area (Å²) >= 11 is 0. The number of nitrogens with two attached hydrogens (primary N) is 1. The SMILES string of the molecule is CC(N)CCNC(=O)c1cccc(NC(=O)C2CC2C)c1.Cl. The molecule has 3 unspecified atom stereocenters. The molecule has 1 saturated carbocycles. The van der Waals surface area contributed by atoms with E-state index in [0.717, 1.165) is 12.8 Å². The first-order valence-corrected chi connectivity index (χ1v) is 7.42. The highest BCUT2D eigenvalue weighted by atomic mass is 35.5. The van der Waals surface area contributed by atoms with E-state index in [9.17, 15) is 9.59 Å². The van der Waals surface area contributed by atoms with Crippen molar-refractivity contribution < 1.29 is 9.59 Å². The molecular weight excluding hydrogens is 302 g/mol. The summed E-state index contributed by atoms with van der Waals surface area (Å²) in [4.78, 5) is 23.9. The second kappa shape index (κ2) is 8.15. The Kier molecular flexibility index (Phi) is 6.84. The first-order chi connectivity index (χ1) is 9.97. The van der Waals surface area contributed by atoms with Crippen LogP contribution in [-0.4, -0.2) is 24.4 Å². The number of carbonyl (C=O) groups excluding carboxylic acids is 2. The highest BCUT2D eigenvalue weighted by Crippen LogP contribution is 2.38. The zero-order valence-electron chi connectivity index (χ0n) is 13.0. The van der Waals surface area contributed by atoms with Crippen molar-refractivity contribution in [2.45, 2.75) is 32.7 Å². The van der Waals surface area contributed by atoms with E-state index in [-0.39, 0.29) is 36.2 Å². The van der Waals surface area contributed by atoms with Crippen LogP contribution in [0.1, 0.15) is 37.0 Å². The van der Waals surface area contributed by atoms with Gasteiger partial charge in [-0.1, -0.05) is 13.0 Å². The summed E-state index contributed by atoms with van der Waals surface area (Å²) in [6, 6.07) is 7.07. The van der Waals surface area contributed by atoms with Gasteiger partial charge in [0.25, 0.3) is 5.91 Å². The molecule has 2 rings (SSSR count). The van der Waals surface area contributed by atoms with Crippen LogP contribution >= 0.6 is 12.4 Å². The van der Waals surface area contributed by atoms with E-state index >= 15 is 0 Å². The highest BCUT2D eigenvalue weighted by molar-refractivity contribution is 5.98. The average molecular weight is 326 g/mol. The van der Waals surface area contributed by atoms with Gasteiger partial charge in [0, 0.05) is 29.8 Å². The molecule has 0 heterocycles. The van der Waals surface area contributed by atoms with Gasteiger partial charge in [0.15, 0.2) is 0 Å². The van der Waals surface area contributed by atoms with Gasteiger partial charge in [-0.3, -0.25) is 9.59 Å². The molecule has 122 valence electrons. The van der Waals surface area contributed by atoms with Crippen molar-refractivity contribution in [3.05, 3.63) is 29.8 Å². The molecule has 0 radical (unpaired) electrons. The van der Waals surface area contributed by atoms with Crippen molar-refractivity contribution in [2.75, 3.05) is 11.9 Å². The fourth-order valence-electron chi connectivity index (χ4n) is 2.18. The third kappa shape index (κ3) is 5.31. The van der Waals surface area contributed by atoms with Gasteiger partial charge in [0.05, 0.1) is 0 Å². The number of anilines is 1. The van der Waals surface area contributed by atoms with Gasteiger partial charge in [0.1, 0.15) is 0 Å². The molecule has 4 N–H and O–H groups in total. The lowest BCUT2D eigenvalue weighted by Gasteiger charge is -2.09. The lowest BCUT2D eigenvalue weighted by molar-refractivity contribution is -0.117. The summed E-state index contributed by atoms with van der Waals surface area (Å²) in [6.45, 7) is 4.51. The van der Waals surface area contributed by atoms with E-state index in [1.165, 1.54) is 0 Å². The molecule has 6 heteroatoms. The molecule has 1 fully saturated rings. The molecule has 1 aliphatic rings. The molecule has 2 amide bonds. The number of benzene rings is 1. The zero-order chi connectivity index (χ0) is 15.4. The van der Waals surface area contributed by atoms with E-state index in [1.807, 2.05) is 6.92 Å². The summed E-state index contributed by atoms with van der Waals surface area (Å²) in [7, 11) is 0. The lowest BCUT2D eigenvalue weighted by atomic mass is 10.1. The quantitative estimate of drug-likeness (QED) is 0.749. The Labute approximate surface area is 137 Å². The molecule has 1 aromatic rings. The van der Waals surface area contributed by atoms with Crippen LogP contribution in [0.5, 0.6) is 0 Å². The Morgan fingerprint density at radius 1 is 1.41 bits per heavy atom. The van der Waals surface area contributed by atoms with E-state index in [4.69, 9.17) is 5.73 Å². The van der Waals surface area contributed by atoms with Gasteiger partial charge >= 0.3 is 0 Å².